The molecular weight excluding hydrogens is 388 g/mol. The van der Waals surface area contributed by atoms with Crippen LogP contribution in [0.3, 0.4) is 0 Å². The molecule has 4 atom stereocenters. The third-order valence-corrected chi connectivity index (χ3v) is 6.00. The summed E-state index contributed by atoms with van der Waals surface area (Å²) >= 11 is 0. The normalized spacial score (nSPS) is 28.3. The number of nitrogens with one attached hydrogen (secondary N) is 1. The van der Waals surface area contributed by atoms with Crippen LogP contribution in [-0.4, -0.2) is 67.0 Å². The van der Waals surface area contributed by atoms with Gasteiger partial charge in [0.2, 0.25) is 0 Å². The first-order valence-corrected chi connectivity index (χ1v) is 9.78. The van der Waals surface area contributed by atoms with Crippen LogP contribution in [0.5, 0.6) is 0 Å². The molecule has 10 nitrogen and oxygen atoms in total. The van der Waals surface area contributed by atoms with Gasteiger partial charge in [0.1, 0.15) is 24.1 Å². The monoisotopic (exact) mass is 410 g/mol. The molecule has 4 heterocycles. The zero-order valence-electron chi connectivity index (χ0n) is 16.6. The number of aromatic nitrogens is 4. The molecular formula is C20H22N6O4. The summed E-state index contributed by atoms with van der Waals surface area (Å²) in [4.78, 5) is 31.0. The van der Waals surface area contributed by atoms with Crippen LogP contribution in [0.2, 0.25) is 0 Å². The van der Waals surface area contributed by atoms with E-state index in [1.165, 1.54) is 6.33 Å². The maximum absolute atomic E-state index is 12.5. The number of imidazole rings is 1. The molecule has 0 spiro atoms. The molecule has 2 N–H and O–H groups in total. The molecule has 10 heteroatoms. The van der Waals surface area contributed by atoms with Gasteiger partial charge in [-0.3, -0.25) is 9.36 Å². The van der Waals surface area contributed by atoms with Gasteiger partial charge in [-0.15, -0.1) is 0 Å². The van der Waals surface area contributed by atoms with Crippen molar-refractivity contribution in [2.45, 2.75) is 37.3 Å². The van der Waals surface area contributed by atoms with Crippen molar-refractivity contribution in [2.24, 2.45) is 0 Å². The van der Waals surface area contributed by atoms with Crippen molar-refractivity contribution < 1.29 is 19.5 Å². The fraction of sp³-hybridized carbons (Fsp3) is 0.400. The molecule has 2 bridgehead atoms. The first-order valence-electron chi connectivity index (χ1n) is 9.78. The fourth-order valence-electron chi connectivity index (χ4n) is 4.36. The molecule has 30 heavy (non-hydrogen) atoms. The molecule has 0 aliphatic carbocycles. The molecule has 0 saturated carbocycles. The van der Waals surface area contributed by atoms with Crippen LogP contribution >= 0.6 is 0 Å². The predicted molar refractivity (Wildman–Crippen MR) is 106 cm³/mol. The highest BCUT2D eigenvalue weighted by Crippen LogP contribution is 2.48. The third-order valence-electron chi connectivity index (χ3n) is 6.00. The van der Waals surface area contributed by atoms with Crippen molar-refractivity contribution in [3.8, 4) is 0 Å². The SMILES string of the molecule is CC[C@]12CN(OC)[C@H]([C@H](n3cnc4c(NC(=O)c5ccccc5)ncnc43)O1)[C@H]2O. The Bertz CT molecular complexity index is 1090. The summed E-state index contributed by atoms with van der Waals surface area (Å²) < 4.78 is 8.04. The number of ether oxygens (including phenoxy) is 1. The van der Waals surface area contributed by atoms with E-state index < -0.39 is 24.0 Å². The summed E-state index contributed by atoms with van der Waals surface area (Å²) in [7, 11) is 1.58. The number of morpholine rings is 1. The standard InChI is InChI=1S/C20H22N6O4/c1-3-20-9-26(29-2)14(15(20)27)19(30-20)25-11-23-13-16(21-10-22-17(13)25)24-18(28)12-7-5-4-6-8-12/h4-8,10-11,14-15,19,27H,3,9H2,1-2H3,(H,21,22,24,28)/t14-,15+,19+,20+/m0/s1. The van der Waals surface area contributed by atoms with Gasteiger partial charge in [-0.25, -0.2) is 15.0 Å². The number of benzene rings is 1. The van der Waals surface area contributed by atoms with E-state index in [-0.39, 0.29) is 5.91 Å². The van der Waals surface area contributed by atoms with Crippen LogP contribution in [0.1, 0.15) is 29.9 Å². The summed E-state index contributed by atoms with van der Waals surface area (Å²) in [5.74, 6) is 0.0253. The minimum atomic E-state index is -0.709. The number of anilines is 1. The molecule has 5 rings (SSSR count). The number of aliphatic hydroxyl groups is 1. The van der Waals surface area contributed by atoms with Gasteiger partial charge in [0.25, 0.3) is 5.91 Å². The highest BCUT2D eigenvalue weighted by molar-refractivity contribution is 6.06. The van der Waals surface area contributed by atoms with E-state index in [9.17, 15) is 9.90 Å². The van der Waals surface area contributed by atoms with Crippen molar-refractivity contribution in [2.75, 3.05) is 19.0 Å². The largest absolute Gasteiger partial charge is 0.388 e. The van der Waals surface area contributed by atoms with Crippen LogP contribution in [-0.2, 0) is 9.57 Å². The van der Waals surface area contributed by atoms with Crippen LogP contribution in [0.15, 0.2) is 43.0 Å². The van der Waals surface area contributed by atoms with Crippen molar-refractivity contribution in [3.05, 3.63) is 48.5 Å². The lowest BCUT2D eigenvalue weighted by Gasteiger charge is -2.35. The molecule has 1 amide bonds. The molecule has 2 saturated heterocycles. The number of nitrogens with zero attached hydrogens (tertiary/aromatic N) is 5. The van der Waals surface area contributed by atoms with E-state index in [0.29, 0.717) is 35.5 Å². The van der Waals surface area contributed by atoms with E-state index in [1.807, 2.05) is 13.0 Å². The summed E-state index contributed by atoms with van der Waals surface area (Å²) in [6.07, 6.45) is 2.36. The number of hydroxylamine groups is 2. The Morgan fingerprint density at radius 3 is 2.83 bits per heavy atom. The average Bonchev–Trinajstić information content (AvgIpc) is 3.42. The molecule has 0 unspecified atom stereocenters. The van der Waals surface area contributed by atoms with Crippen molar-refractivity contribution in [1.82, 2.24) is 24.6 Å². The van der Waals surface area contributed by atoms with Crippen LogP contribution in [0, 0.1) is 0 Å². The lowest BCUT2D eigenvalue weighted by Crippen LogP contribution is -2.45. The molecule has 2 aliphatic rings. The lowest BCUT2D eigenvalue weighted by atomic mass is 9.96. The number of carbonyl (C=O) groups excluding carboxylic acids is 1. The fourth-order valence-corrected chi connectivity index (χ4v) is 4.36. The number of hydrogen-bond donors (Lipinski definition) is 2. The van der Waals surface area contributed by atoms with Crippen LogP contribution in [0.25, 0.3) is 11.2 Å². The van der Waals surface area contributed by atoms with Gasteiger partial charge in [-0.05, 0) is 18.6 Å². The molecule has 1 aromatic carbocycles. The first-order chi connectivity index (χ1) is 14.6. The second-order valence-corrected chi connectivity index (χ2v) is 7.49. The van der Waals surface area contributed by atoms with E-state index in [2.05, 4.69) is 20.3 Å². The lowest BCUT2D eigenvalue weighted by molar-refractivity contribution is -0.234. The topological polar surface area (TPSA) is 115 Å². The van der Waals surface area contributed by atoms with E-state index in [0.717, 1.165) is 0 Å². The second kappa shape index (κ2) is 7.10. The van der Waals surface area contributed by atoms with Gasteiger partial charge in [-0.2, -0.15) is 5.06 Å². The Morgan fingerprint density at radius 1 is 1.33 bits per heavy atom. The minimum absolute atomic E-state index is 0.285. The Hall–Kier alpha value is -2.92. The summed E-state index contributed by atoms with van der Waals surface area (Å²) in [5.41, 5.74) is 0.751. The molecule has 2 aliphatic heterocycles. The van der Waals surface area contributed by atoms with E-state index in [4.69, 9.17) is 9.57 Å². The molecule has 0 radical (unpaired) electrons. The molecule has 2 aromatic heterocycles. The Morgan fingerprint density at radius 2 is 2.13 bits per heavy atom. The number of fused-ring (bicyclic) bond motifs is 3. The number of hydrogen-bond acceptors (Lipinski definition) is 8. The summed E-state index contributed by atoms with van der Waals surface area (Å²) in [5, 5.41) is 15.4. The maximum Gasteiger partial charge on any atom is 0.256 e. The average molecular weight is 410 g/mol. The highest BCUT2D eigenvalue weighted by Gasteiger charge is 2.63. The van der Waals surface area contributed by atoms with Crippen LogP contribution < -0.4 is 5.32 Å². The number of amides is 1. The third kappa shape index (κ3) is 2.72. The van der Waals surface area contributed by atoms with Gasteiger partial charge in [0.15, 0.2) is 23.2 Å². The Balaban J connectivity index is 1.49. The summed E-state index contributed by atoms with van der Waals surface area (Å²) in [6.45, 7) is 2.47. The predicted octanol–water partition coefficient (Wildman–Crippen LogP) is 1.36. The smallest absolute Gasteiger partial charge is 0.256 e. The summed E-state index contributed by atoms with van der Waals surface area (Å²) in [6, 6.07) is 8.48. The van der Waals surface area contributed by atoms with Crippen molar-refractivity contribution in [3.63, 3.8) is 0 Å². The van der Waals surface area contributed by atoms with Gasteiger partial charge in [0, 0.05) is 5.56 Å². The zero-order valence-corrected chi connectivity index (χ0v) is 16.6. The first kappa shape index (κ1) is 19.1. The Labute approximate surface area is 172 Å². The maximum atomic E-state index is 12.5. The van der Waals surface area contributed by atoms with Gasteiger partial charge >= 0.3 is 0 Å². The number of rotatable bonds is 5. The number of carbonyl (C=O) groups is 1. The quantitative estimate of drug-likeness (QED) is 0.648. The van der Waals surface area contributed by atoms with Crippen LogP contribution in [0.4, 0.5) is 5.82 Å². The highest BCUT2D eigenvalue weighted by atomic mass is 16.7. The van der Waals surface area contributed by atoms with Crippen molar-refractivity contribution in [1.29, 1.82) is 0 Å². The molecule has 3 aromatic rings. The number of aliphatic hydroxyl groups excluding tert-OH is 1. The van der Waals surface area contributed by atoms with E-state index >= 15 is 0 Å². The minimum Gasteiger partial charge on any atom is -0.388 e. The van der Waals surface area contributed by atoms with Gasteiger partial charge in [-0.1, -0.05) is 25.1 Å². The molecule has 156 valence electrons. The van der Waals surface area contributed by atoms with E-state index in [1.54, 1.807) is 47.3 Å². The Kier molecular flexibility index (Phi) is 4.51. The second-order valence-electron chi connectivity index (χ2n) is 7.49. The van der Waals surface area contributed by atoms with Crippen molar-refractivity contribution >= 4 is 22.9 Å². The van der Waals surface area contributed by atoms with Gasteiger partial charge < -0.3 is 20.0 Å². The zero-order chi connectivity index (χ0) is 20.9. The van der Waals surface area contributed by atoms with Gasteiger partial charge in [0.05, 0.1) is 20.0 Å². The molecule has 2 fully saturated rings.